The molecular weight excluding hydrogens is 260 g/mol. The van der Waals surface area contributed by atoms with Gasteiger partial charge in [-0.3, -0.25) is 9.69 Å². The summed E-state index contributed by atoms with van der Waals surface area (Å²) in [4.78, 5) is 17.3. The van der Waals surface area contributed by atoms with E-state index in [-0.39, 0.29) is 12.5 Å². The molecule has 0 aliphatic carbocycles. The Labute approximate surface area is 118 Å². The largest absolute Gasteiger partial charge is 0.395 e. The summed E-state index contributed by atoms with van der Waals surface area (Å²) in [5, 5.41) is 8.88. The molecule has 0 aromatic heterocycles. The highest BCUT2D eigenvalue weighted by Gasteiger charge is 2.20. The van der Waals surface area contributed by atoms with Crippen molar-refractivity contribution in [3.63, 3.8) is 0 Å². The summed E-state index contributed by atoms with van der Waals surface area (Å²) in [5.41, 5.74) is 0. The smallest absolute Gasteiger partial charge is 0.233 e. The fourth-order valence-electron chi connectivity index (χ4n) is 2.12. The molecule has 1 aliphatic heterocycles. The predicted octanol–water partition coefficient (Wildman–Crippen LogP) is 0.915. The Bertz CT molecular complexity index is 392. The molecule has 0 radical (unpaired) electrons. The van der Waals surface area contributed by atoms with Gasteiger partial charge in [0.15, 0.2) is 0 Å². The minimum absolute atomic E-state index is 0.192. The summed E-state index contributed by atoms with van der Waals surface area (Å²) in [7, 11) is 0. The zero-order valence-electron chi connectivity index (χ0n) is 11.0. The number of amides is 1. The molecule has 1 aliphatic rings. The first-order chi connectivity index (χ1) is 9.29. The Morgan fingerprint density at radius 3 is 2.47 bits per heavy atom. The van der Waals surface area contributed by atoms with Gasteiger partial charge in [0, 0.05) is 37.6 Å². The number of hydrogen-bond acceptors (Lipinski definition) is 4. The van der Waals surface area contributed by atoms with Crippen molar-refractivity contribution in [3.05, 3.63) is 30.3 Å². The molecule has 2 rings (SSSR count). The van der Waals surface area contributed by atoms with Gasteiger partial charge in [-0.1, -0.05) is 18.2 Å². The summed E-state index contributed by atoms with van der Waals surface area (Å²) in [6, 6.07) is 10.0. The Balaban J connectivity index is 1.73. The summed E-state index contributed by atoms with van der Waals surface area (Å²) >= 11 is 1.59. The standard InChI is InChI=1S/C14H20N2O2S/c17-11-10-15-6-8-16(9-7-15)14(18)12-19-13-4-2-1-3-5-13/h1-5,17H,6-12H2. The fourth-order valence-corrected chi connectivity index (χ4v) is 2.94. The van der Waals surface area contributed by atoms with E-state index in [1.165, 1.54) is 0 Å². The zero-order chi connectivity index (χ0) is 13.5. The number of hydrogen-bond donors (Lipinski definition) is 1. The first-order valence-corrected chi connectivity index (χ1v) is 7.57. The number of carbonyl (C=O) groups is 1. The lowest BCUT2D eigenvalue weighted by Crippen LogP contribution is -2.49. The number of β-amino-alcohol motifs (C(OH)–C–C–N with tert-alkyl or cyclic N) is 1. The van der Waals surface area contributed by atoms with Crippen molar-refractivity contribution in [1.82, 2.24) is 9.80 Å². The van der Waals surface area contributed by atoms with Crippen LogP contribution >= 0.6 is 11.8 Å². The van der Waals surface area contributed by atoms with Gasteiger partial charge < -0.3 is 10.0 Å². The van der Waals surface area contributed by atoms with E-state index in [1.807, 2.05) is 35.2 Å². The highest BCUT2D eigenvalue weighted by molar-refractivity contribution is 8.00. The molecule has 5 heteroatoms. The van der Waals surface area contributed by atoms with Crippen LogP contribution in [0.25, 0.3) is 0 Å². The van der Waals surface area contributed by atoms with Crippen molar-refractivity contribution < 1.29 is 9.90 Å². The number of aliphatic hydroxyl groups excluding tert-OH is 1. The van der Waals surface area contributed by atoms with Crippen LogP contribution in [0.3, 0.4) is 0 Å². The van der Waals surface area contributed by atoms with Crippen molar-refractivity contribution in [3.8, 4) is 0 Å². The van der Waals surface area contributed by atoms with E-state index < -0.39 is 0 Å². The lowest BCUT2D eigenvalue weighted by Gasteiger charge is -2.34. The van der Waals surface area contributed by atoms with E-state index in [2.05, 4.69) is 4.90 Å². The summed E-state index contributed by atoms with van der Waals surface area (Å²) in [6.07, 6.45) is 0. The van der Waals surface area contributed by atoms with Gasteiger partial charge in [0.1, 0.15) is 0 Å². The molecule has 0 spiro atoms. The van der Waals surface area contributed by atoms with Crippen molar-refractivity contribution in [2.75, 3.05) is 45.1 Å². The third-order valence-corrected chi connectivity index (χ3v) is 4.24. The van der Waals surface area contributed by atoms with Crippen LogP contribution in [0.5, 0.6) is 0 Å². The van der Waals surface area contributed by atoms with Crippen molar-refractivity contribution in [2.24, 2.45) is 0 Å². The second-order valence-corrected chi connectivity index (χ2v) is 5.60. The lowest BCUT2D eigenvalue weighted by atomic mass is 10.3. The lowest BCUT2D eigenvalue weighted by molar-refractivity contribution is -0.130. The van der Waals surface area contributed by atoms with E-state index in [0.717, 1.165) is 31.1 Å². The molecule has 1 amide bonds. The maximum Gasteiger partial charge on any atom is 0.233 e. The molecule has 1 N–H and O–H groups in total. The Morgan fingerprint density at radius 1 is 1.16 bits per heavy atom. The number of piperazine rings is 1. The normalized spacial score (nSPS) is 16.6. The van der Waals surface area contributed by atoms with E-state index in [9.17, 15) is 4.79 Å². The van der Waals surface area contributed by atoms with Gasteiger partial charge in [-0.15, -0.1) is 11.8 Å². The number of carbonyl (C=O) groups excluding carboxylic acids is 1. The molecule has 1 heterocycles. The molecule has 1 saturated heterocycles. The van der Waals surface area contributed by atoms with Gasteiger partial charge in [0.25, 0.3) is 0 Å². The van der Waals surface area contributed by atoms with Crippen molar-refractivity contribution in [1.29, 1.82) is 0 Å². The molecule has 0 bridgehead atoms. The first-order valence-electron chi connectivity index (χ1n) is 6.58. The topological polar surface area (TPSA) is 43.8 Å². The molecule has 104 valence electrons. The van der Waals surface area contributed by atoms with E-state index >= 15 is 0 Å². The molecular formula is C14H20N2O2S. The molecule has 0 atom stereocenters. The number of aliphatic hydroxyl groups is 1. The van der Waals surface area contributed by atoms with Crippen molar-refractivity contribution in [2.45, 2.75) is 4.90 Å². The van der Waals surface area contributed by atoms with Crippen LogP contribution in [0.2, 0.25) is 0 Å². The van der Waals surface area contributed by atoms with Crippen LogP contribution < -0.4 is 0 Å². The third-order valence-electron chi connectivity index (χ3n) is 3.25. The van der Waals surface area contributed by atoms with E-state index in [0.29, 0.717) is 12.3 Å². The minimum Gasteiger partial charge on any atom is -0.395 e. The molecule has 1 aromatic carbocycles. The third kappa shape index (κ3) is 4.53. The van der Waals surface area contributed by atoms with Gasteiger partial charge in [-0.2, -0.15) is 0 Å². The van der Waals surface area contributed by atoms with Crippen LogP contribution in [-0.2, 0) is 4.79 Å². The van der Waals surface area contributed by atoms with Gasteiger partial charge in [-0.05, 0) is 12.1 Å². The summed E-state index contributed by atoms with van der Waals surface area (Å²) in [5.74, 6) is 0.710. The van der Waals surface area contributed by atoms with Crippen LogP contribution in [-0.4, -0.2) is 65.9 Å². The van der Waals surface area contributed by atoms with Crippen molar-refractivity contribution >= 4 is 17.7 Å². The number of benzene rings is 1. The van der Waals surface area contributed by atoms with E-state index in [4.69, 9.17) is 5.11 Å². The monoisotopic (exact) mass is 280 g/mol. The van der Waals surface area contributed by atoms with Gasteiger partial charge in [0.05, 0.1) is 12.4 Å². The SMILES string of the molecule is O=C(CSc1ccccc1)N1CCN(CCO)CC1. The molecule has 4 nitrogen and oxygen atoms in total. The summed E-state index contributed by atoms with van der Waals surface area (Å²) < 4.78 is 0. The maximum atomic E-state index is 12.1. The second kappa shape index (κ2) is 7.53. The number of thioether (sulfide) groups is 1. The van der Waals surface area contributed by atoms with Crippen LogP contribution in [0.1, 0.15) is 0 Å². The fraction of sp³-hybridized carbons (Fsp3) is 0.500. The molecule has 0 unspecified atom stereocenters. The van der Waals surface area contributed by atoms with Crippen LogP contribution in [0.4, 0.5) is 0 Å². The maximum absolute atomic E-state index is 12.1. The minimum atomic E-state index is 0.192. The second-order valence-electron chi connectivity index (χ2n) is 4.55. The molecule has 1 aromatic rings. The molecule has 1 fully saturated rings. The van der Waals surface area contributed by atoms with Gasteiger partial charge in [0.2, 0.25) is 5.91 Å². The van der Waals surface area contributed by atoms with Crippen LogP contribution in [0, 0.1) is 0 Å². The predicted molar refractivity (Wildman–Crippen MR) is 77.3 cm³/mol. The molecule has 19 heavy (non-hydrogen) atoms. The highest BCUT2D eigenvalue weighted by atomic mass is 32.2. The highest BCUT2D eigenvalue weighted by Crippen LogP contribution is 2.17. The Hall–Kier alpha value is -1.04. The quantitative estimate of drug-likeness (QED) is 0.815. The van der Waals surface area contributed by atoms with Gasteiger partial charge in [-0.25, -0.2) is 0 Å². The average molecular weight is 280 g/mol. The first kappa shape index (κ1) is 14.4. The van der Waals surface area contributed by atoms with Gasteiger partial charge >= 0.3 is 0 Å². The summed E-state index contributed by atoms with van der Waals surface area (Å²) in [6.45, 7) is 4.17. The average Bonchev–Trinajstić information content (AvgIpc) is 2.47. The Morgan fingerprint density at radius 2 is 1.84 bits per heavy atom. The zero-order valence-corrected chi connectivity index (χ0v) is 11.8. The van der Waals surface area contributed by atoms with E-state index in [1.54, 1.807) is 11.8 Å². The molecule has 0 saturated carbocycles. The van der Waals surface area contributed by atoms with Crippen LogP contribution in [0.15, 0.2) is 35.2 Å². The number of rotatable bonds is 5. The Kier molecular flexibility index (Phi) is 5.69. The number of nitrogens with zero attached hydrogens (tertiary/aromatic N) is 2.